The van der Waals surface area contributed by atoms with Gasteiger partial charge in [-0.3, -0.25) is 0 Å². The van der Waals surface area contributed by atoms with Crippen LogP contribution in [0, 0.1) is 0 Å². The van der Waals surface area contributed by atoms with Crippen LogP contribution in [0.1, 0.15) is 24.9 Å². The van der Waals surface area contributed by atoms with Gasteiger partial charge in [0.05, 0.1) is 16.7 Å². The molecule has 1 aromatic carbocycles. The number of rotatable bonds is 8. The number of nitrogens with zero attached hydrogens (tertiary/aromatic N) is 3. The molecule has 1 rings (SSSR count). The maximum absolute atomic E-state index is 12.0. The van der Waals surface area contributed by atoms with Crippen LogP contribution in [0.4, 0.5) is 0 Å². The van der Waals surface area contributed by atoms with Crippen molar-refractivity contribution in [1.82, 2.24) is 5.32 Å². The van der Waals surface area contributed by atoms with Crippen LogP contribution in [0.2, 0.25) is 10.0 Å². The number of hydrogen-bond donors (Lipinski definition) is 1. The van der Waals surface area contributed by atoms with Gasteiger partial charge in [-0.2, -0.15) is 0 Å². The Morgan fingerprint density at radius 2 is 2.24 bits per heavy atom. The molecule has 6 nitrogen and oxygen atoms in total. The maximum Gasteiger partial charge on any atom is 0.327 e. The summed E-state index contributed by atoms with van der Waals surface area (Å²) < 4.78 is 5.05. The smallest absolute Gasteiger partial charge is 0.327 e. The van der Waals surface area contributed by atoms with E-state index in [0.29, 0.717) is 35.1 Å². The Bertz CT molecular complexity index is 533. The summed E-state index contributed by atoms with van der Waals surface area (Å²) in [5, 5.41) is 7.30. The van der Waals surface area contributed by atoms with Crippen LogP contribution < -0.4 is 5.32 Å². The van der Waals surface area contributed by atoms with Crippen LogP contribution in [0.5, 0.6) is 0 Å². The van der Waals surface area contributed by atoms with Crippen LogP contribution in [0.25, 0.3) is 10.4 Å². The predicted octanol–water partition coefficient (Wildman–Crippen LogP) is 3.89. The second-order valence-corrected chi connectivity index (χ2v) is 4.94. The van der Waals surface area contributed by atoms with Gasteiger partial charge >= 0.3 is 5.97 Å². The maximum atomic E-state index is 12.0. The Labute approximate surface area is 133 Å². The van der Waals surface area contributed by atoms with E-state index < -0.39 is 6.04 Å². The Morgan fingerprint density at radius 1 is 1.48 bits per heavy atom. The van der Waals surface area contributed by atoms with E-state index in [1.165, 1.54) is 0 Å². The lowest BCUT2D eigenvalue weighted by Crippen LogP contribution is -2.31. The zero-order valence-electron chi connectivity index (χ0n) is 11.6. The van der Waals surface area contributed by atoms with Crippen LogP contribution in [-0.4, -0.2) is 25.7 Å². The quantitative estimate of drug-likeness (QED) is 0.258. The lowest BCUT2D eigenvalue weighted by Gasteiger charge is -2.18. The van der Waals surface area contributed by atoms with Crippen molar-refractivity contribution < 1.29 is 9.53 Å². The molecule has 0 spiro atoms. The molecule has 1 atom stereocenters. The number of nitrogens with one attached hydrogen (secondary N) is 1. The first-order valence-corrected chi connectivity index (χ1v) is 7.21. The molecule has 1 aromatic rings. The third kappa shape index (κ3) is 5.81. The molecule has 0 fully saturated rings. The molecule has 0 heterocycles. The fraction of sp³-hybridized carbons (Fsp3) is 0.462. The van der Waals surface area contributed by atoms with E-state index in [4.69, 9.17) is 33.5 Å². The molecule has 0 aliphatic carbocycles. The zero-order valence-corrected chi connectivity index (χ0v) is 13.1. The van der Waals surface area contributed by atoms with Crippen molar-refractivity contribution in [3.63, 3.8) is 0 Å². The Balaban J connectivity index is 2.78. The van der Waals surface area contributed by atoms with Crippen molar-refractivity contribution in [1.29, 1.82) is 0 Å². The van der Waals surface area contributed by atoms with E-state index >= 15 is 0 Å². The summed E-state index contributed by atoms with van der Waals surface area (Å²) >= 11 is 11.8. The second-order valence-electron chi connectivity index (χ2n) is 4.12. The summed E-state index contributed by atoms with van der Waals surface area (Å²) in [6.45, 7) is 2.89. The van der Waals surface area contributed by atoms with Crippen LogP contribution >= 0.6 is 23.2 Å². The molecule has 0 saturated carbocycles. The molecule has 0 aliphatic heterocycles. The van der Waals surface area contributed by atoms with E-state index in [9.17, 15) is 4.79 Å². The van der Waals surface area contributed by atoms with Crippen LogP contribution in [0.15, 0.2) is 23.3 Å². The molecule has 0 aliphatic rings. The minimum atomic E-state index is -0.634. The van der Waals surface area contributed by atoms with Gasteiger partial charge in [0.1, 0.15) is 6.04 Å². The fourth-order valence-electron chi connectivity index (χ4n) is 1.70. The molecule has 1 unspecified atom stereocenters. The summed E-state index contributed by atoms with van der Waals surface area (Å²) in [6.07, 6.45) is 0.612. The monoisotopic (exact) mass is 330 g/mol. The van der Waals surface area contributed by atoms with Crippen LogP contribution in [0.3, 0.4) is 0 Å². The van der Waals surface area contributed by atoms with Crippen molar-refractivity contribution >= 4 is 29.2 Å². The van der Waals surface area contributed by atoms with E-state index in [-0.39, 0.29) is 12.6 Å². The molecule has 0 amide bonds. The van der Waals surface area contributed by atoms with Crippen molar-refractivity contribution in [2.45, 2.75) is 19.4 Å². The molecule has 0 bridgehead atoms. The summed E-state index contributed by atoms with van der Waals surface area (Å²) in [7, 11) is 0. The third-order valence-corrected chi connectivity index (χ3v) is 3.38. The first-order chi connectivity index (χ1) is 10.1. The molecule has 21 heavy (non-hydrogen) atoms. The van der Waals surface area contributed by atoms with Crippen molar-refractivity contribution in [3.05, 3.63) is 44.3 Å². The number of esters is 1. The minimum Gasteiger partial charge on any atom is -0.465 e. The van der Waals surface area contributed by atoms with Gasteiger partial charge in [-0.1, -0.05) is 34.4 Å². The molecule has 0 aromatic heterocycles. The largest absolute Gasteiger partial charge is 0.465 e. The summed E-state index contributed by atoms with van der Waals surface area (Å²) in [5.41, 5.74) is 8.88. The molecule has 1 N–H and O–H groups in total. The number of carbonyl (C=O) groups excluding carboxylic acids is 1. The minimum absolute atomic E-state index is 0.289. The summed E-state index contributed by atoms with van der Waals surface area (Å²) in [5.74, 6) is -0.389. The van der Waals surface area contributed by atoms with Gasteiger partial charge in [-0.15, -0.1) is 0 Å². The topological polar surface area (TPSA) is 87.1 Å². The van der Waals surface area contributed by atoms with Gasteiger partial charge in [0.25, 0.3) is 0 Å². The number of benzene rings is 1. The number of ether oxygens (including phenoxy) is 1. The van der Waals surface area contributed by atoms with Gasteiger partial charge < -0.3 is 10.1 Å². The van der Waals surface area contributed by atoms with Crippen molar-refractivity contribution in [2.24, 2.45) is 5.11 Å². The lowest BCUT2D eigenvalue weighted by atomic mass is 10.1. The number of azide groups is 1. The highest BCUT2D eigenvalue weighted by molar-refractivity contribution is 6.42. The van der Waals surface area contributed by atoms with Gasteiger partial charge in [0, 0.05) is 11.5 Å². The molecule has 114 valence electrons. The van der Waals surface area contributed by atoms with Gasteiger partial charge in [0.2, 0.25) is 0 Å². The van der Waals surface area contributed by atoms with Gasteiger partial charge in [0.15, 0.2) is 0 Å². The van der Waals surface area contributed by atoms with E-state index in [0.717, 1.165) is 0 Å². The Kier molecular flexibility index (Phi) is 7.93. The van der Waals surface area contributed by atoms with Gasteiger partial charge in [-0.05, 0) is 43.1 Å². The average Bonchev–Trinajstić information content (AvgIpc) is 2.46. The summed E-state index contributed by atoms with van der Waals surface area (Å²) in [4.78, 5) is 14.7. The zero-order chi connectivity index (χ0) is 15.7. The predicted molar refractivity (Wildman–Crippen MR) is 82.5 cm³/mol. The number of halogens is 2. The van der Waals surface area contributed by atoms with E-state index in [1.807, 2.05) is 0 Å². The first-order valence-electron chi connectivity index (χ1n) is 6.46. The van der Waals surface area contributed by atoms with Gasteiger partial charge in [-0.25, -0.2) is 4.79 Å². The first kappa shape index (κ1) is 17.6. The van der Waals surface area contributed by atoms with E-state index in [1.54, 1.807) is 25.1 Å². The third-order valence-electron chi connectivity index (χ3n) is 2.65. The normalized spacial score (nSPS) is 11.6. The van der Waals surface area contributed by atoms with Crippen LogP contribution in [-0.2, 0) is 9.53 Å². The molecule has 8 heteroatoms. The van der Waals surface area contributed by atoms with Crippen molar-refractivity contribution in [3.8, 4) is 0 Å². The Hall–Kier alpha value is -1.46. The van der Waals surface area contributed by atoms with E-state index in [2.05, 4.69) is 15.3 Å². The molecular formula is C13H16Cl2N4O2. The molecular weight excluding hydrogens is 315 g/mol. The molecule has 0 radical (unpaired) electrons. The highest BCUT2D eigenvalue weighted by Crippen LogP contribution is 2.26. The second kappa shape index (κ2) is 9.47. The fourth-order valence-corrected chi connectivity index (χ4v) is 2.00. The number of carbonyl (C=O) groups is 1. The standard InChI is InChI=1S/C13H16Cl2N4O2/c1-2-21-13(20)12(17-6-3-7-18-19-16)9-4-5-10(14)11(15)8-9/h4-5,8,12,17H,2-3,6-7H2,1H3. The SMILES string of the molecule is CCOC(=O)C(NCCCN=[N+]=[N-])c1ccc(Cl)c(Cl)c1. The van der Waals surface area contributed by atoms with Crippen molar-refractivity contribution in [2.75, 3.05) is 19.7 Å². The Morgan fingerprint density at radius 3 is 2.86 bits per heavy atom. The molecule has 0 saturated heterocycles. The highest BCUT2D eigenvalue weighted by Gasteiger charge is 2.21. The lowest BCUT2D eigenvalue weighted by molar-refractivity contribution is -0.145. The highest BCUT2D eigenvalue weighted by atomic mass is 35.5. The average molecular weight is 331 g/mol. The summed E-state index contributed by atoms with van der Waals surface area (Å²) in [6, 6.07) is 4.35. The number of hydrogen-bond acceptors (Lipinski definition) is 4.